The number of ether oxygens (including phenoxy) is 2. The van der Waals surface area contributed by atoms with Gasteiger partial charge in [0, 0.05) is 37.3 Å². The Morgan fingerprint density at radius 3 is 2.83 bits per heavy atom. The van der Waals surface area contributed by atoms with E-state index >= 15 is 0 Å². The number of aromatic nitrogens is 3. The summed E-state index contributed by atoms with van der Waals surface area (Å²) < 4.78 is 13.3. The van der Waals surface area contributed by atoms with E-state index in [1.807, 2.05) is 4.57 Å². The van der Waals surface area contributed by atoms with Crippen LogP contribution in [0.3, 0.4) is 0 Å². The number of methoxy groups -OCH3 is 1. The molecule has 184 valence electrons. The lowest BCUT2D eigenvalue weighted by Crippen LogP contribution is -2.51. The van der Waals surface area contributed by atoms with E-state index in [1.165, 1.54) is 18.4 Å². The Kier molecular flexibility index (Phi) is 6.50. The van der Waals surface area contributed by atoms with Gasteiger partial charge in [0.25, 0.3) is 0 Å². The van der Waals surface area contributed by atoms with Gasteiger partial charge in [-0.25, -0.2) is 0 Å². The predicted molar refractivity (Wildman–Crippen MR) is 134 cm³/mol. The van der Waals surface area contributed by atoms with Gasteiger partial charge in [0.05, 0.1) is 25.6 Å². The Bertz CT molecular complexity index is 1260. The second kappa shape index (κ2) is 9.72. The summed E-state index contributed by atoms with van der Waals surface area (Å²) >= 11 is 0. The molecule has 2 aliphatic rings. The van der Waals surface area contributed by atoms with Gasteiger partial charge in [-0.3, -0.25) is 4.90 Å². The highest BCUT2D eigenvalue weighted by Crippen LogP contribution is 2.38. The number of nitriles is 1. The number of rotatable bonds is 9. The largest absolute Gasteiger partial charge is 0.496 e. The molecule has 0 atom stereocenters. The van der Waals surface area contributed by atoms with Gasteiger partial charge in [0.2, 0.25) is 0 Å². The maximum atomic E-state index is 9.80. The first kappa shape index (κ1) is 23.4. The van der Waals surface area contributed by atoms with Crippen molar-refractivity contribution in [2.75, 3.05) is 39.1 Å². The number of benzene rings is 1. The van der Waals surface area contributed by atoms with E-state index in [1.54, 1.807) is 13.2 Å². The summed E-state index contributed by atoms with van der Waals surface area (Å²) in [7, 11) is 1.69. The topological polar surface area (TPSA) is 114 Å². The van der Waals surface area contributed by atoms with Crippen LogP contribution >= 0.6 is 0 Å². The molecular formula is C26H33N7O2. The summed E-state index contributed by atoms with van der Waals surface area (Å²) in [4.78, 5) is 11.4. The summed E-state index contributed by atoms with van der Waals surface area (Å²) in [6.45, 7) is 7.14. The Hall–Kier alpha value is -3.35. The van der Waals surface area contributed by atoms with Gasteiger partial charge in [-0.15, -0.1) is 0 Å². The molecule has 0 unspecified atom stereocenters. The van der Waals surface area contributed by atoms with Crippen LogP contribution in [0.25, 0.3) is 11.0 Å². The number of hydrogen-bond acceptors (Lipinski definition) is 8. The Labute approximate surface area is 205 Å². The van der Waals surface area contributed by atoms with Gasteiger partial charge in [0.1, 0.15) is 23.3 Å². The standard InChI is InChI=1S/C26H33N7O2/c1-3-4-11-35-25-30-23(28)21-13-20(14-27)33(24(21)31-25)16-19-6-5-18(12-22(19)34-2)15-32-10-9-29-26(17-32)7-8-26/h5-6,12-13,29H,3-4,7-11,15-17H2,1-2H3,(H2,28,30,31). The number of anilines is 1. The van der Waals surface area contributed by atoms with Gasteiger partial charge >= 0.3 is 6.01 Å². The third kappa shape index (κ3) is 4.90. The van der Waals surface area contributed by atoms with Crippen LogP contribution in [0, 0.1) is 11.3 Å². The smallest absolute Gasteiger partial charge is 0.320 e. The quantitative estimate of drug-likeness (QED) is 0.454. The molecule has 1 saturated heterocycles. The molecule has 0 amide bonds. The van der Waals surface area contributed by atoms with Crippen LogP contribution in [-0.2, 0) is 13.1 Å². The molecule has 3 heterocycles. The first-order chi connectivity index (χ1) is 17.0. The summed E-state index contributed by atoms with van der Waals surface area (Å²) in [5, 5.41) is 14.1. The molecule has 5 rings (SSSR count). The molecule has 1 aliphatic carbocycles. The van der Waals surface area contributed by atoms with Crippen LogP contribution in [0.5, 0.6) is 11.8 Å². The van der Waals surface area contributed by atoms with Crippen molar-refractivity contribution in [2.24, 2.45) is 0 Å². The summed E-state index contributed by atoms with van der Waals surface area (Å²) in [6.07, 6.45) is 4.47. The Morgan fingerprint density at radius 2 is 2.09 bits per heavy atom. The van der Waals surface area contributed by atoms with E-state index < -0.39 is 0 Å². The van der Waals surface area contributed by atoms with Crippen molar-refractivity contribution in [1.29, 1.82) is 5.26 Å². The molecule has 2 aromatic heterocycles. The number of nitrogens with one attached hydrogen (secondary N) is 1. The fraction of sp³-hybridized carbons (Fsp3) is 0.500. The number of nitrogen functional groups attached to an aromatic ring is 1. The molecule has 35 heavy (non-hydrogen) atoms. The van der Waals surface area contributed by atoms with E-state index in [2.05, 4.69) is 51.4 Å². The fourth-order valence-electron chi connectivity index (χ4n) is 4.86. The second-order valence-corrected chi connectivity index (χ2v) is 9.62. The molecular weight excluding hydrogens is 442 g/mol. The summed E-state index contributed by atoms with van der Waals surface area (Å²) in [5.74, 6) is 1.11. The molecule has 0 radical (unpaired) electrons. The second-order valence-electron chi connectivity index (χ2n) is 9.62. The molecule has 1 aromatic carbocycles. The maximum Gasteiger partial charge on any atom is 0.320 e. The van der Waals surface area contributed by atoms with Crippen LogP contribution in [0.2, 0.25) is 0 Å². The minimum atomic E-state index is 0.235. The van der Waals surface area contributed by atoms with Gasteiger partial charge in [-0.05, 0) is 37.0 Å². The normalized spacial score (nSPS) is 16.9. The molecule has 9 nitrogen and oxygen atoms in total. The minimum Gasteiger partial charge on any atom is -0.496 e. The Balaban J connectivity index is 1.40. The summed E-state index contributed by atoms with van der Waals surface area (Å²) in [6, 6.07) is 10.6. The van der Waals surface area contributed by atoms with E-state index in [0.29, 0.717) is 41.2 Å². The van der Waals surface area contributed by atoms with Crippen molar-refractivity contribution in [3.63, 3.8) is 0 Å². The van der Waals surface area contributed by atoms with Crippen LogP contribution in [0.4, 0.5) is 5.82 Å². The zero-order valence-electron chi connectivity index (χ0n) is 20.5. The van der Waals surface area contributed by atoms with Crippen LogP contribution in [0.15, 0.2) is 24.3 Å². The number of nitrogens with zero attached hydrogens (tertiary/aromatic N) is 5. The molecule has 1 saturated carbocycles. The molecule has 3 aromatic rings. The maximum absolute atomic E-state index is 9.80. The molecule has 0 bridgehead atoms. The van der Waals surface area contributed by atoms with Crippen molar-refractivity contribution in [3.8, 4) is 17.8 Å². The third-order valence-corrected chi connectivity index (χ3v) is 7.00. The fourth-order valence-corrected chi connectivity index (χ4v) is 4.86. The van der Waals surface area contributed by atoms with Crippen molar-refractivity contribution < 1.29 is 9.47 Å². The first-order valence-electron chi connectivity index (χ1n) is 12.4. The molecule has 9 heteroatoms. The summed E-state index contributed by atoms with van der Waals surface area (Å²) in [5.41, 5.74) is 9.79. The highest BCUT2D eigenvalue weighted by atomic mass is 16.5. The van der Waals surface area contributed by atoms with Crippen LogP contribution in [-0.4, -0.2) is 58.3 Å². The average molecular weight is 476 g/mol. The van der Waals surface area contributed by atoms with E-state index in [-0.39, 0.29) is 6.01 Å². The molecule has 3 N–H and O–H groups in total. The number of nitrogens with two attached hydrogens (primary N) is 1. The van der Waals surface area contributed by atoms with Crippen LogP contribution in [0.1, 0.15) is 49.4 Å². The third-order valence-electron chi connectivity index (χ3n) is 7.00. The van der Waals surface area contributed by atoms with Crippen molar-refractivity contribution in [3.05, 3.63) is 41.1 Å². The van der Waals surface area contributed by atoms with E-state index in [9.17, 15) is 5.26 Å². The van der Waals surface area contributed by atoms with Crippen molar-refractivity contribution in [2.45, 2.75) is 51.2 Å². The molecule has 1 spiro atoms. The van der Waals surface area contributed by atoms with Gasteiger partial charge in [-0.1, -0.05) is 25.5 Å². The minimum absolute atomic E-state index is 0.235. The van der Waals surface area contributed by atoms with E-state index in [0.717, 1.165) is 50.3 Å². The van der Waals surface area contributed by atoms with Gasteiger partial charge < -0.3 is 25.1 Å². The highest BCUT2D eigenvalue weighted by molar-refractivity contribution is 5.88. The van der Waals surface area contributed by atoms with Crippen molar-refractivity contribution >= 4 is 16.9 Å². The highest BCUT2D eigenvalue weighted by Gasteiger charge is 2.45. The van der Waals surface area contributed by atoms with Crippen LogP contribution < -0.4 is 20.5 Å². The SMILES string of the molecule is CCCCOc1nc(N)c2cc(C#N)n(Cc3ccc(CN4CCNC5(CC5)C4)cc3OC)c2n1. The lowest BCUT2D eigenvalue weighted by Gasteiger charge is -2.34. The number of unbranched alkanes of at least 4 members (excludes halogenated alkanes) is 1. The van der Waals surface area contributed by atoms with Gasteiger partial charge in [0.15, 0.2) is 5.65 Å². The lowest BCUT2D eigenvalue weighted by molar-refractivity contribution is 0.182. The van der Waals surface area contributed by atoms with E-state index in [4.69, 9.17) is 15.2 Å². The average Bonchev–Trinajstić information content (AvgIpc) is 3.50. The molecule has 1 aliphatic heterocycles. The molecule has 2 fully saturated rings. The van der Waals surface area contributed by atoms with Crippen molar-refractivity contribution in [1.82, 2.24) is 24.8 Å². The first-order valence-corrected chi connectivity index (χ1v) is 12.4. The Morgan fingerprint density at radius 1 is 1.23 bits per heavy atom. The predicted octanol–water partition coefficient (Wildman–Crippen LogP) is 3.06. The monoisotopic (exact) mass is 475 g/mol. The number of hydrogen-bond donors (Lipinski definition) is 2. The van der Waals surface area contributed by atoms with Gasteiger partial charge in [-0.2, -0.15) is 15.2 Å². The zero-order chi connectivity index (χ0) is 24.4. The zero-order valence-corrected chi connectivity index (χ0v) is 20.5. The lowest BCUT2D eigenvalue weighted by atomic mass is 10.1. The number of piperazine rings is 1. The number of fused-ring (bicyclic) bond motifs is 1.